The van der Waals surface area contributed by atoms with E-state index >= 15 is 0 Å². The van der Waals surface area contributed by atoms with Crippen LogP contribution >= 0.6 is 46.7 Å². The molecule has 0 saturated heterocycles. The van der Waals surface area contributed by atoms with Crippen molar-refractivity contribution in [2.75, 3.05) is 30.9 Å². The third-order valence-electron chi connectivity index (χ3n) is 3.43. The Balaban J connectivity index is 1.88. The molecule has 0 aromatic heterocycles. The van der Waals surface area contributed by atoms with E-state index in [9.17, 15) is 9.59 Å². The number of nitrogens with one attached hydrogen (secondary N) is 1. The van der Waals surface area contributed by atoms with E-state index in [0.29, 0.717) is 10.0 Å². The quantitative estimate of drug-likeness (QED) is 0.636. The lowest BCUT2D eigenvalue weighted by Gasteiger charge is -2.17. The van der Waals surface area contributed by atoms with E-state index in [2.05, 4.69) is 5.32 Å². The lowest BCUT2D eigenvalue weighted by Crippen LogP contribution is -2.36. The lowest BCUT2D eigenvalue weighted by atomic mass is 10.3. The Kier molecular flexibility index (Phi) is 8.15. The van der Waals surface area contributed by atoms with Crippen LogP contribution in [0.25, 0.3) is 0 Å². The van der Waals surface area contributed by atoms with Gasteiger partial charge in [-0.05, 0) is 36.6 Å². The summed E-state index contributed by atoms with van der Waals surface area (Å²) >= 11 is 14.9. The van der Waals surface area contributed by atoms with Crippen molar-refractivity contribution in [2.45, 2.75) is 9.79 Å². The van der Waals surface area contributed by atoms with Crippen LogP contribution in [0.5, 0.6) is 0 Å². The Labute approximate surface area is 171 Å². The van der Waals surface area contributed by atoms with Crippen LogP contribution in [0.15, 0.2) is 52.3 Å². The summed E-state index contributed by atoms with van der Waals surface area (Å²) in [5, 5.41) is 3.94. The molecule has 4 nitrogen and oxygen atoms in total. The minimum absolute atomic E-state index is 0.0224. The average molecular weight is 429 g/mol. The summed E-state index contributed by atoms with van der Waals surface area (Å²) in [6.07, 6.45) is 1.94. The highest BCUT2D eigenvalue weighted by molar-refractivity contribution is 8.00. The van der Waals surface area contributed by atoms with Gasteiger partial charge in [0.2, 0.25) is 11.8 Å². The lowest BCUT2D eigenvalue weighted by molar-refractivity contribution is -0.131. The van der Waals surface area contributed by atoms with Crippen LogP contribution in [0.2, 0.25) is 10.0 Å². The predicted octanol–water partition coefficient (Wildman–Crippen LogP) is 4.90. The zero-order valence-electron chi connectivity index (χ0n) is 14.3. The molecule has 2 aromatic rings. The molecule has 0 fully saturated rings. The summed E-state index contributed by atoms with van der Waals surface area (Å²) in [4.78, 5) is 27.6. The van der Waals surface area contributed by atoms with Gasteiger partial charge in [-0.15, -0.1) is 23.5 Å². The van der Waals surface area contributed by atoms with Crippen molar-refractivity contribution in [3.63, 3.8) is 0 Å². The number of likely N-dealkylation sites (N-methyl/N-ethyl adjacent to an activating group) is 1. The van der Waals surface area contributed by atoms with Crippen LogP contribution in [0.3, 0.4) is 0 Å². The highest BCUT2D eigenvalue weighted by Crippen LogP contribution is 2.30. The summed E-state index contributed by atoms with van der Waals surface area (Å²) < 4.78 is 0. The zero-order valence-corrected chi connectivity index (χ0v) is 17.4. The first-order chi connectivity index (χ1) is 12.4. The highest BCUT2D eigenvalue weighted by Gasteiger charge is 2.15. The first kappa shape index (κ1) is 21.0. The van der Waals surface area contributed by atoms with E-state index in [4.69, 9.17) is 23.2 Å². The fraction of sp³-hybridized carbons (Fsp3) is 0.222. The summed E-state index contributed by atoms with van der Waals surface area (Å²) in [5.41, 5.74) is 0.742. The van der Waals surface area contributed by atoms with Crippen LogP contribution in [0.4, 0.5) is 5.69 Å². The number of nitrogens with zero attached hydrogens (tertiary/aromatic N) is 1. The molecule has 0 atom stereocenters. The van der Waals surface area contributed by atoms with Crippen LogP contribution in [0.1, 0.15) is 0 Å². The first-order valence-electron chi connectivity index (χ1n) is 7.65. The maximum Gasteiger partial charge on any atom is 0.244 e. The SMILES string of the molecule is CSc1ccccc1NC(=O)CN(C)C(=O)CSc1cc(Cl)ccc1Cl. The van der Waals surface area contributed by atoms with Gasteiger partial charge in [0.05, 0.1) is 23.0 Å². The molecule has 0 radical (unpaired) electrons. The molecule has 0 aliphatic heterocycles. The minimum Gasteiger partial charge on any atom is -0.336 e. The molecule has 1 N–H and O–H groups in total. The van der Waals surface area contributed by atoms with Gasteiger partial charge < -0.3 is 10.2 Å². The second-order valence-electron chi connectivity index (χ2n) is 5.36. The Morgan fingerprint density at radius 2 is 1.85 bits per heavy atom. The molecule has 0 aliphatic rings. The Morgan fingerprint density at radius 3 is 2.58 bits per heavy atom. The molecule has 2 aromatic carbocycles. The van der Waals surface area contributed by atoms with Crippen molar-refractivity contribution < 1.29 is 9.59 Å². The third kappa shape index (κ3) is 6.13. The van der Waals surface area contributed by atoms with Crippen molar-refractivity contribution in [1.29, 1.82) is 0 Å². The van der Waals surface area contributed by atoms with Crippen LogP contribution in [-0.2, 0) is 9.59 Å². The molecule has 8 heteroatoms. The van der Waals surface area contributed by atoms with E-state index in [1.165, 1.54) is 16.7 Å². The number of benzene rings is 2. The average Bonchev–Trinajstić information content (AvgIpc) is 2.62. The van der Waals surface area contributed by atoms with Gasteiger partial charge in [-0.1, -0.05) is 35.3 Å². The van der Waals surface area contributed by atoms with Crippen molar-refractivity contribution in [2.24, 2.45) is 0 Å². The number of carbonyl (C=O) groups is 2. The molecular weight excluding hydrogens is 411 g/mol. The third-order valence-corrected chi connectivity index (χ3v) is 5.94. The number of amides is 2. The molecule has 0 aliphatic carbocycles. The summed E-state index contributed by atoms with van der Waals surface area (Å²) in [6.45, 7) is -0.0224. The minimum atomic E-state index is -0.242. The number of hydrogen-bond donors (Lipinski definition) is 1. The second-order valence-corrected chi connectivity index (χ2v) is 8.07. The van der Waals surface area contributed by atoms with Gasteiger partial charge in [-0.25, -0.2) is 0 Å². The maximum atomic E-state index is 12.3. The molecular formula is C18H18Cl2N2O2S2. The number of para-hydroxylation sites is 1. The van der Waals surface area contributed by atoms with Gasteiger partial charge in [-0.3, -0.25) is 9.59 Å². The number of rotatable bonds is 7. The number of carbonyl (C=O) groups excluding carboxylic acids is 2. The maximum absolute atomic E-state index is 12.3. The van der Waals surface area contributed by atoms with Gasteiger partial charge in [0.1, 0.15) is 0 Å². The van der Waals surface area contributed by atoms with E-state index in [1.54, 1.807) is 37.0 Å². The Hall–Kier alpha value is -1.34. The summed E-state index contributed by atoms with van der Waals surface area (Å²) in [7, 11) is 1.60. The van der Waals surface area contributed by atoms with Gasteiger partial charge in [0, 0.05) is 21.9 Å². The molecule has 2 amide bonds. The molecule has 0 bridgehead atoms. The molecule has 0 saturated carbocycles. The van der Waals surface area contributed by atoms with Crippen molar-refractivity contribution in [1.82, 2.24) is 4.90 Å². The Morgan fingerprint density at radius 1 is 1.12 bits per heavy atom. The van der Waals surface area contributed by atoms with Gasteiger partial charge in [-0.2, -0.15) is 0 Å². The number of thioether (sulfide) groups is 2. The normalized spacial score (nSPS) is 10.5. The van der Waals surface area contributed by atoms with Crippen LogP contribution in [0, 0.1) is 0 Å². The fourth-order valence-corrected chi connectivity index (χ4v) is 4.07. The van der Waals surface area contributed by atoms with E-state index in [0.717, 1.165) is 15.5 Å². The topological polar surface area (TPSA) is 49.4 Å². The predicted molar refractivity (Wildman–Crippen MR) is 112 cm³/mol. The second kappa shape index (κ2) is 10.1. The Bertz CT molecular complexity index is 803. The van der Waals surface area contributed by atoms with E-state index in [-0.39, 0.29) is 24.1 Å². The smallest absolute Gasteiger partial charge is 0.244 e. The zero-order chi connectivity index (χ0) is 19.1. The van der Waals surface area contributed by atoms with Crippen molar-refractivity contribution in [3.05, 3.63) is 52.5 Å². The van der Waals surface area contributed by atoms with Gasteiger partial charge in [0.25, 0.3) is 0 Å². The standard InChI is InChI=1S/C18H18Cl2N2O2S2/c1-22(10-17(23)21-14-5-3-4-6-15(14)25-2)18(24)11-26-16-9-12(19)7-8-13(16)20/h3-9H,10-11H2,1-2H3,(H,21,23). The molecule has 0 heterocycles. The summed E-state index contributed by atoms with van der Waals surface area (Å²) in [5.74, 6) is -0.238. The fourth-order valence-electron chi connectivity index (χ4n) is 2.08. The molecule has 0 unspecified atom stereocenters. The number of hydrogen-bond acceptors (Lipinski definition) is 4. The van der Waals surface area contributed by atoms with E-state index < -0.39 is 0 Å². The van der Waals surface area contributed by atoms with Gasteiger partial charge >= 0.3 is 0 Å². The van der Waals surface area contributed by atoms with Gasteiger partial charge in [0.15, 0.2) is 0 Å². The van der Waals surface area contributed by atoms with Crippen molar-refractivity contribution >= 4 is 64.2 Å². The largest absolute Gasteiger partial charge is 0.336 e. The number of halogens is 2. The molecule has 2 rings (SSSR count). The number of anilines is 1. The highest BCUT2D eigenvalue weighted by atomic mass is 35.5. The molecule has 138 valence electrons. The van der Waals surface area contributed by atoms with Crippen molar-refractivity contribution in [3.8, 4) is 0 Å². The van der Waals surface area contributed by atoms with E-state index in [1.807, 2.05) is 30.5 Å². The van der Waals surface area contributed by atoms with Crippen LogP contribution < -0.4 is 5.32 Å². The van der Waals surface area contributed by atoms with Crippen LogP contribution in [-0.4, -0.2) is 42.3 Å². The first-order valence-corrected chi connectivity index (χ1v) is 10.6. The summed E-state index contributed by atoms with van der Waals surface area (Å²) in [6, 6.07) is 12.6. The molecule has 0 spiro atoms. The monoisotopic (exact) mass is 428 g/mol. The molecule has 26 heavy (non-hydrogen) atoms.